The predicted octanol–water partition coefficient (Wildman–Crippen LogP) is 1.60. The number of carbonyl (C=O) groups excluding carboxylic acids is 1. The van der Waals surface area contributed by atoms with Gasteiger partial charge in [-0.1, -0.05) is 11.6 Å². The summed E-state index contributed by atoms with van der Waals surface area (Å²) in [6.07, 6.45) is 0. The van der Waals surface area contributed by atoms with Gasteiger partial charge in [-0.05, 0) is 26.2 Å². The number of anilines is 1. The highest BCUT2D eigenvalue weighted by atomic mass is 35.5. The van der Waals surface area contributed by atoms with Gasteiger partial charge in [-0.15, -0.1) is 22.6 Å². The normalized spacial score (nSPS) is 10.0. The number of urea groups is 1. The Labute approximate surface area is 124 Å². The molecule has 0 aliphatic heterocycles. The van der Waals surface area contributed by atoms with Crippen molar-refractivity contribution < 1.29 is 4.79 Å². The quantitative estimate of drug-likeness (QED) is 0.848. The summed E-state index contributed by atoms with van der Waals surface area (Å²) >= 11 is 5.69. The first-order valence-electron chi connectivity index (χ1n) is 5.54. The average molecular weight is 308 g/mol. The third-order valence-corrected chi connectivity index (χ3v) is 2.48. The Morgan fingerprint density at radius 1 is 1.16 bits per heavy atom. The summed E-state index contributed by atoms with van der Waals surface area (Å²) in [6, 6.07) is 3.18. The molecular weight excluding hydrogens is 289 g/mol. The van der Waals surface area contributed by atoms with Gasteiger partial charge in [0.15, 0.2) is 11.0 Å². The Kier molecular flexibility index (Phi) is 7.66. The van der Waals surface area contributed by atoms with Crippen molar-refractivity contribution in [1.29, 1.82) is 0 Å². The van der Waals surface area contributed by atoms with Gasteiger partial charge in [-0.2, -0.15) is 0 Å². The molecule has 0 unspecified atom stereocenters. The lowest BCUT2D eigenvalue weighted by Crippen LogP contribution is -2.43. The molecule has 1 heterocycles. The molecule has 0 fully saturated rings. The van der Waals surface area contributed by atoms with Crippen LogP contribution in [-0.2, 0) is 0 Å². The average Bonchev–Trinajstić information content (AvgIpc) is 2.30. The number of likely N-dealkylation sites (N-methyl/N-ethyl adjacent to an activating group) is 1. The van der Waals surface area contributed by atoms with Crippen molar-refractivity contribution in [3.05, 3.63) is 17.3 Å². The van der Waals surface area contributed by atoms with Crippen molar-refractivity contribution in [2.75, 3.05) is 46.2 Å². The van der Waals surface area contributed by atoms with Crippen LogP contribution in [0.5, 0.6) is 0 Å². The minimum Gasteiger partial charge on any atom is -0.330 e. The summed E-state index contributed by atoms with van der Waals surface area (Å²) in [5, 5.41) is 8.01. The number of amides is 2. The predicted molar refractivity (Wildman–Crippen MR) is 79.3 cm³/mol. The van der Waals surface area contributed by atoms with Crippen LogP contribution < -0.4 is 4.90 Å². The lowest BCUT2D eigenvalue weighted by molar-refractivity contribution is 0.222. The Balaban J connectivity index is 0.00000324. The number of rotatable bonds is 4. The van der Waals surface area contributed by atoms with E-state index in [1.165, 1.54) is 4.90 Å². The van der Waals surface area contributed by atoms with E-state index >= 15 is 0 Å². The highest BCUT2D eigenvalue weighted by Crippen LogP contribution is 2.13. The van der Waals surface area contributed by atoms with E-state index in [0.29, 0.717) is 17.5 Å². The number of hydrogen-bond donors (Lipinski definition) is 0. The first-order valence-corrected chi connectivity index (χ1v) is 5.92. The van der Waals surface area contributed by atoms with Gasteiger partial charge in [0.25, 0.3) is 0 Å². The van der Waals surface area contributed by atoms with Crippen LogP contribution in [0.25, 0.3) is 0 Å². The maximum atomic E-state index is 12.1. The molecule has 0 saturated heterocycles. The van der Waals surface area contributed by atoms with Crippen molar-refractivity contribution in [2.45, 2.75) is 0 Å². The van der Waals surface area contributed by atoms with E-state index in [-0.39, 0.29) is 18.4 Å². The molecule has 0 saturated carbocycles. The SMILES string of the molecule is CN(C)CCN(C(=O)N(C)C)c1ccc(Cl)nn1.Cl. The zero-order valence-corrected chi connectivity index (χ0v) is 13.1. The van der Waals surface area contributed by atoms with Crippen molar-refractivity contribution in [1.82, 2.24) is 20.0 Å². The van der Waals surface area contributed by atoms with Crippen LogP contribution in [0.3, 0.4) is 0 Å². The molecule has 19 heavy (non-hydrogen) atoms. The summed E-state index contributed by atoms with van der Waals surface area (Å²) in [5.41, 5.74) is 0. The molecule has 0 aromatic carbocycles. The lowest BCUT2D eigenvalue weighted by Gasteiger charge is -2.26. The fraction of sp³-hybridized carbons (Fsp3) is 0.545. The fourth-order valence-corrected chi connectivity index (χ4v) is 1.40. The smallest absolute Gasteiger partial charge is 0.325 e. The fourth-order valence-electron chi connectivity index (χ4n) is 1.30. The highest BCUT2D eigenvalue weighted by molar-refractivity contribution is 6.29. The lowest BCUT2D eigenvalue weighted by atomic mass is 10.4. The Morgan fingerprint density at radius 2 is 1.79 bits per heavy atom. The van der Waals surface area contributed by atoms with Gasteiger partial charge in [0, 0.05) is 27.2 Å². The Hall–Kier alpha value is -1.11. The second kappa shape index (κ2) is 8.14. The Bertz CT molecular complexity index is 397. The third-order valence-electron chi connectivity index (χ3n) is 2.28. The summed E-state index contributed by atoms with van der Waals surface area (Å²) in [5.74, 6) is 0.500. The maximum Gasteiger partial charge on any atom is 0.325 e. The molecule has 0 N–H and O–H groups in total. The van der Waals surface area contributed by atoms with Gasteiger partial charge in [-0.3, -0.25) is 4.90 Å². The molecule has 1 rings (SSSR count). The van der Waals surface area contributed by atoms with Crippen LogP contribution in [-0.4, -0.2) is 67.3 Å². The van der Waals surface area contributed by atoms with E-state index in [2.05, 4.69) is 10.2 Å². The number of carbonyl (C=O) groups is 1. The monoisotopic (exact) mass is 307 g/mol. The molecule has 2 amide bonds. The minimum absolute atomic E-state index is 0. The molecular formula is C11H19Cl2N5O. The molecule has 0 aliphatic rings. The van der Waals surface area contributed by atoms with Crippen LogP contribution in [0.1, 0.15) is 0 Å². The molecule has 1 aromatic heterocycles. The first-order chi connectivity index (χ1) is 8.41. The van der Waals surface area contributed by atoms with Gasteiger partial charge < -0.3 is 9.80 Å². The molecule has 0 spiro atoms. The molecule has 0 aliphatic carbocycles. The van der Waals surface area contributed by atoms with Crippen molar-refractivity contribution >= 4 is 35.9 Å². The largest absolute Gasteiger partial charge is 0.330 e. The van der Waals surface area contributed by atoms with E-state index in [1.54, 1.807) is 31.1 Å². The van der Waals surface area contributed by atoms with Gasteiger partial charge >= 0.3 is 6.03 Å². The van der Waals surface area contributed by atoms with Crippen molar-refractivity contribution in [3.8, 4) is 0 Å². The molecule has 6 nitrogen and oxygen atoms in total. The van der Waals surface area contributed by atoms with Crippen molar-refractivity contribution in [3.63, 3.8) is 0 Å². The second-order valence-electron chi connectivity index (χ2n) is 4.35. The number of aromatic nitrogens is 2. The van der Waals surface area contributed by atoms with Gasteiger partial charge in [0.1, 0.15) is 0 Å². The number of hydrogen-bond acceptors (Lipinski definition) is 4. The van der Waals surface area contributed by atoms with Gasteiger partial charge in [0.05, 0.1) is 0 Å². The molecule has 1 aromatic rings. The maximum absolute atomic E-state index is 12.1. The summed E-state index contributed by atoms with van der Waals surface area (Å²) in [7, 11) is 7.31. The summed E-state index contributed by atoms with van der Waals surface area (Å²) in [4.78, 5) is 17.2. The third kappa shape index (κ3) is 5.59. The molecule has 0 radical (unpaired) electrons. The van der Waals surface area contributed by atoms with Crippen LogP contribution in [0.2, 0.25) is 5.15 Å². The first kappa shape index (κ1) is 17.9. The van der Waals surface area contributed by atoms with Gasteiger partial charge in [0.2, 0.25) is 0 Å². The van der Waals surface area contributed by atoms with E-state index in [0.717, 1.165) is 6.54 Å². The van der Waals surface area contributed by atoms with E-state index < -0.39 is 0 Å². The molecule has 8 heteroatoms. The molecule has 108 valence electrons. The molecule has 0 bridgehead atoms. The van der Waals surface area contributed by atoms with Crippen LogP contribution in [0, 0.1) is 0 Å². The highest BCUT2D eigenvalue weighted by Gasteiger charge is 2.19. The molecule has 0 atom stereocenters. The zero-order chi connectivity index (χ0) is 13.7. The van der Waals surface area contributed by atoms with Crippen LogP contribution in [0.15, 0.2) is 12.1 Å². The van der Waals surface area contributed by atoms with E-state index in [9.17, 15) is 4.79 Å². The summed E-state index contributed by atoms with van der Waals surface area (Å²) in [6.45, 7) is 1.28. The van der Waals surface area contributed by atoms with Crippen LogP contribution >= 0.6 is 24.0 Å². The topological polar surface area (TPSA) is 52.6 Å². The van der Waals surface area contributed by atoms with Crippen molar-refractivity contribution in [2.24, 2.45) is 0 Å². The second-order valence-corrected chi connectivity index (χ2v) is 4.73. The summed E-state index contributed by atoms with van der Waals surface area (Å²) < 4.78 is 0. The standard InChI is InChI=1S/C11H18ClN5O.ClH/c1-15(2)7-8-17(11(18)16(3)4)10-6-5-9(12)13-14-10;/h5-6H,7-8H2,1-4H3;1H. The van der Waals surface area contributed by atoms with E-state index in [4.69, 9.17) is 11.6 Å². The Morgan fingerprint density at radius 3 is 2.21 bits per heavy atom. The van der Waals surface area contributed by atoms with Gasteiger partial charge in [-0.25, -0.2) is 4.79 Å². The number of halogens is 2. The minimum atomic E-state index is -0.131. The zero-order valence-electron chi connectivity index (χ0n) is 11.5. The van der Waals surface area contributed by atoms with E-state index in [1.807, 2.05) is 19.0 Å². The number of nitrogens with zero attached hydrogens (tertiary/aromatic N) is 5. The van der Waals surface area contributed by atoms with Crippen LogP contribution in [0.4, 0.5) is 10.6 Å².